The van der Waals surface area contributed by atoms with Gasteiger partial charge in [-0.3, -0.25) is 19.6 Å². The predicted molar refractivity (Wildman–Crippen MR) is 115 cm³/mol. The van der Waals surface area contributed by atoms with E-state index < -0.39 is 11.8 Å². The van der Waals surface area contributed by atoms with Crippen LogP contribution >= 0.6 is 0 Å². The third kappa shape index (κ3) is 3.84. The lowest BCUT2D eigenvalue weighted by molar-refractivity contribution is -0.150. The van der Waals surface area contributed by atoms with Crippen LogP contribution in [0.2, 0.25) is 0 Å². The molecule has 5 heteroatoms. The van der Waals surface area contributed by atoms with Gasteiger partial charge in [0.2, 0.25) is 0 Å². The number of aliphatic imine (C=N–C) groups is 1. The van der Waals surface area contributed by atoms with Gasteiger partial charge in [-0.05, 0) is 50.3 Å². The molecule has 0 spiro atoms. The maximum Gasteiger partial charge on any atom is 0.315 e. The molecule has 154 valence electrons. The Morgan fingerprint density at radius 2 is 1.80 bits per heavy atom. The van der Waals surface area contributed by atoms with Crippen molar-refractivity contribution in [3.05, 3.63) is 77.3 Å². The summed E-state index contributed by atoms with van der Waals surface area (Å²) in [6.07, 6.45) is 4.29. The normalized spacial score (nSPS) is 23.8. The van der Waals surface area contributed by atoms with Gasteiger partial charge in [-0.15, -0.1) is 0 Å². The zero-order valence-corrected chi connectivity index (χ0v) is 17.5. The molecule has 0 amide bonds. The molecule has 30 heavy (non-hydrogen) atoms. The second-order valence-corrected chi connectivity index (χ2v) is 8.28. The van der Waals surface area contributed by atoms with Crippen molar-refractivity contribution in [2.75, 3.05) is 0 Å². The number of Topliss-reactive ketones (excluding diaryl/α,β-unsaturated/α-hetero) is 1. The number of nitrogens with zero attached hydrogens (tertiary/aromatic N) is 2. The molecular formula is C25H26N2O3. The predicted octanol–water partition coefficient (Wildman–Crippen LogP) is 4.61. The third-order valence-electron chi connectivity index (χ3n) is 5.81. The molecule has 2 heterocycles. The number of aromatic nitrogens is 1. The number of benzene rings is 1. The van der Waals surface area contributed by atoms with Crippen LogP contribution in [-0.2, 0) is 14.3 Å². The van der Waals surface area contributed by atoms with Gasteiger partial charge in [-0.1, -0.05) is 36.4 Å². The number of hydrogen-bond donors (Lipinski definition) is 0. The van der Waals surface area contributed by atoms with Gasteiger partial charge >= 0.3 is 5.97 Å². The highest BCUT2D eigenvalue weighted by molar-refractivity contribution is 6.09. The first-order valence-corrected chi connectivity index (χ1v) is 10.4. The molecule has 0 N–H and O–H groups in total. The van der Waals surface area contributed by atoms with Crippen molar-refractivity contribution in [1.29, 1.82) is 0 Å². The number of hydrogen-bond acceptors (Lipinski definition) is 5. The summed E-state index contributed by atoms with van der Waals surface area (Å²) in [5.74, 6) is -1.22. The Morgan fingerprint density at radius 1 is 1.07 bits per heavy atom. The maximum absolute atomic E-state index is 13.4. The number of rotatable bonds is 4. The molecule has 5 nitrogen and oxygen atoms in total. The lowest BCUT2D eigenvalue weighted by atomic mass is 9.69. The van der Waals surface area contributed by atoms with Crippen LogP contribution in [-0.4, -0.2) is 28.6 Å². The summed E-state index contributed by atoms with van der Waals surface area (Å²) in [6.45, 7) is 5.51. The van der Waals surface area contributed by atoms with Crippen molar-refractivity contribution >= 4 is 17.5 Å². The summed E-state index contributed by atoms with van der Waals surface area (Å²) in [5, 5.41) is 0. The lowest BCUT2D eigenvalue weighted by Gasteiger charge is -2.36. The molecule has 4 rings (SSSR count). The summed E-state index contributed by atoms with van der Waals surface area (Å²) in [6, 6.07) is 13.8. The summed E-state index contributed by atoms with van der Waals surface area (Å²) >= 11 is 0. The van der Waals surface area contributed by atoms with E-state index in [2.05, 4.69) is 17.1 Å². The molecule has 1 aromatic heterocycles. The number of ether oxygens (including phenoxy) is 1. The Labute approximate surface area is 176 Å². The number of ketones is 1. The molecule has 1 aliphatic carbocycles. The highest BCUT2D eigenvalue weighted by Crippen LogP contribution is 2.46. The van der Waals surface area contributed by atoms with Gasteiger partial charge in [0.15, 0.2) is 5.78 Å². The van der Waals surface area contributed by atoms with E-state index in [1.165, 1.54) is 0 Å². The highest BCUT2D eigenvalue weighted by atomic mass is 16.5. The van der Waals surface area contributed by atoms with Crippen LogP contribution in [0.25, 0.3) is 0 Å². The standard InChI is InChI=1S/C25H26N2O3/c1-15(2)30-25(29)22-16(3)27-20-12-19(17-8-5-4-6-9-17)13-21(28)24(20)23(22)18-10-7-11-26-14-18/h4-11,14-15,19,22-23H,12-13H2,1-3H3/t19-,22?,23-/m1/s1. The average molecular weight is 402 g/mol. The molecule has 0 saturated carbocycles. The Hall–Kier alpha value is -3.08. The van der Waals surface area contributed by atoms with Gasteiger partial charge in [-0.25, -0.2) is 0 Å². The smallest absolute Gasteiger partial charge is 0.315 e. The first-order chi connectivity index (χ1) is 14.5. The van der Waals surface area contributed by atoms with Crippen molar-refractivity contribution in [2.45, 2.75) is 51.6 Å². The number of pyridine rings is 1. The molecule has 0 radical (unpaired) electrons. The molecule has 3 atom stereocenters. The monoisotopic (exact) mass is 402 g/mol. The van der Waals surface area contributed by atoms with Crippen LogP contribution in [0.5, 0.6) is 0 Å². The Kier molecular flexibility index (Phi) is 5.62. The number of esters is 1. The first-order valence-electron chi connectivity index (χ1n) is 10.4. The fourth-order valence-electron chi connectivity index (χ4n) is 4.55. The molecule has 1 aromatic carbocycles. The first kappa shape index (κ1) is 20.2. The minimum absolute atomic E-state index is 0.0533. The van der Waals surface area contributed by atoms with E-state index in [1.807, 2.05) is 51.1 Å². The number of allylic oxidation sites excluding steroid dienone is 2. The van der Waals surface area contributed by atoms with Crippen molar-refractivity contribution in [1.82, 2.24) is 4.98 Å². The van der Waals surface area contributed by atoms with Crippen molar-refractivity contribution in [2.24, 2.45) is 10.9 Å². The van der Waals surface area contributed by atoms with Crippen LogP contribution in [0.3, 0.4) is 0 Å². The third-order valence-corrected chi connectivity index (χ3v) is 5.81. The van der Waals surface area contributed by atoms with Crippen molar-refractivity contribution in [3.63, 3.8) is 0 Å². The molecular weight excluding hydrogens is 376 g/mol. The van der Waals surface area contributed by atoms with Crippen LogP contribution in [0.4, 0.5) is 0 Å². The van der Waals surface area contributed by atoms with Crippen LogP contribution < -0.4 is 0 Å². The zero-order valence-electron chi connectivity index (χ0n) is 17.5. The zero-order chi connectivity index (χ0) is 21.3. The van der Waals surface area contributed by atoms with E-state index in [9.17, 15) is 9.59 Å². The lowest BCUT2D eigenvalue weighted by Crippen LogP contribution is -2.38. The van der Waals surface area contributed by atoms with Gasteiger partial charge in [0.05, 0.1) is 6.10 Å². The maximum atomic E-state index is 13.4. The quantitative estimate of drug-likeness (QED) is 0.701. The average Bonchev–Trinajstić information content (AvgIpc) is 2.73. The number of carbonyl (C=O) groups excluding carboxylic acids is 2. The Bertz CT molecular complexity index is 1010. The highest BCUT2D eigenvalue weighted by Gasteiger charge is 2.45. The summed E-state index contributed by atoms with van der Waals surface area (Å²) in [7, 11) is 0. The SMILES string of the molecule is CC1=NC2=C(C(=O)C[C@H](c3ccccc3)C2)[C@H](c2cccnc2)C1C(=O)OC(C)C. The topological polar surface area (TPSA) is 68.6 Å². The van der Waals surface area contributed by atoms with E-state index in [1.54, 1.807) is 12.4 Å². The molecule has 1 unspecified atom stereocenters. The van der Waals surface area contributed by atoms with Gasteiger partial charge < -0.3 is 4.74 Å². The Balaban J connectivity index is 1.78. The van der Waals surface area contributed by atoms with Gasteiger partial charge in [0.1, 0.15) is 5.92 Å². The van der Waals surface area contributed by atoms with Crippen molar-refractivity contribution in [3.8, 4) is 0 Å². The molecule has 2 aromatic rings. The summed E-state index contributed by atoms with van der Waals surface area (Å²) in [4.78, 5) is 35.4. The fourth-order valence-corrected chi connectivity index (χ4v) is 4.55. The van der Waals surface area contributed by atoms with Crippen LogP contribution in [0.1, 0.15) is 56.6 Å². The van der Waals surface area contributed by atoms with E-state index in [0.29, 0.717) is 24.1 Å². The second kappa shape index (κ2) is 8.34. The van der Waals surface area contributed by atoms with Crippen LogP contribution in [0.15, 0.2) is 71.1 Å². The van der Waals surface area contributed by atoms with Gasteiger partial charge in [0, 0.05) is 41.7 Å². The van der Waals surface area contributed by atoms with Gasteiger partial charge in [0.25, 0.3) is 0 Å². The number of carbonyl (C=O) groups is 2. The fraction of sp³-hybridized carbons (Fsp3) is 0.360. The van der Waals surface area contributed by atoms with Crippen LogP contribution in [0, 0.1) is 5.92 Å². The molecule has 0 bridgehead atoms. The minimum atomic E-state index is -0.618. The van der Waals surface area contributed by atoms with E-state index in [4.69, 9.17) is 9.73 Å². The molecule has 1 aliphatic heterocycles. The summed E-state index contributed by atoms with van der Waals surface area (Å²) < 4.78 is 5.54. The molecule has 0 fully saturated rings. The van der Waals surface area contributed by atoms with E-state index >= 15 is 0 Å². The second-order valence-electron chi connectivity index (χ2n) is 8.28. The van der Waals surface area contributed by atoms with Crippen molar-refractivity contribution < 1.29 is 14.3 Å². The molecule has 0 saturated heterocycles. The van der Waals surface area contributed by atoms with E-state index in [-0.39, 0.29) is 23.8 Å². The molecule has 2 aliphatic rings. The van der Waals surface area contributed by atoms with E-state index in [0.717, 1.165) is 16.8 Å². The van der Waals surface area contributed by atoms with Gasteiger partial charge in [-0.2, -0.15) is 0 Å². The Morgan fingerprint density at radius 3 is 2.47 bits per heavy atom. The largest absolute Gasteiger partial charge is 0.462 e. The minimum Gasteiger partial charge on any atom is -0.462 e. The summed E-state index contributed by atoms with van der Waals surface area (Å²) in [5.41, 5.74) is 4.11.